The molecule has 6 nitrogen and oxygen atoms in total. The van der Waals surface area contributed by atoms with Gasteiger partial charge in [0.05, 0.1) is 12.2 Å². The Balaban J connectivity index is 3.34. The first-order valence-corrected chi connectivity index (χ1v) is 4.01. The highest BCUT2D eigenvalue weighted by Crippen LogP contribution is 2.13. The third kappa shape index (κ3) is 2.29. The zero-order valence-corrected chi connectivity index (χ0v) is 7.93. The van der Waals surface area contributed by atoms with Crippen molar-refractivity contribution in [3.8, 4) is 0 Å². The third-order valence-corrected chi connectivity index (χ3v) is 1.75. The lowest BCUT2D eigenvalue weighted by Crippen LogP contribution is -2.13. The summed E-state index contributed by atoms with van der Waals surface area (Å²) in [4.78, 5) is 25.1. The number of hydrogen-bond donors (Lipinski definition) is 2. The van der Waals surface area contributed by atoms with Crippen LogP contribution in [0.1, 0.15) is 26.4 Å². The molecule has 1 aromatic heterocycles. The molecule has 0 saturated carbocycles. The summed E-state index contributed by atoms with van der Waals surface area (Å²) >= 11 is 0. The highest BCUT2D eigenvalue weighted by molar-refractivity contribution is 6.01. The van der Waals surface area contributed by atoms with Gasteiger partial charge in [-0.05, 0) is 11.6 Å². The summed E-state index contributed by atoms with van der Waals surface area (Å²) in [6.07, 6.45) is 1.24. The maximum atomic E-state index is 10.9. The van der Waals surface area contributed by atoms with Gasteiger partial charge in [-0.2, -0.15) is 0 Å². The second-order valence-electron chi connectivity index (χ2n) is 2.74. The number of aromatic carboxylic acids is 2. The highest BCUT2D eigenvalue weighted by Gasteiger charge is 2.21. The number of carboxylic acids is 2. The molecule has 0 unspecified atom stereocenters. The third-order valence-electron chi connectivity index (χ3n) is 1.75. The molecule has 0 aliphatic heterocycles. The van der Waals surface area contributed by atoms with Crippen LogP contribution in [0.15, 0.2) is 12.3 Å². The first-order valence-electron chi connectivity index (χ1n) is 4.01. The van der Waals surface area contributed by atoms with Gasteiger partial charge in [-0.1, -0.05) is 0 Å². The molecule has 80 valence electrons. The van der Waals surface area contributed by atoms with Crippen LogP contribution in [0.25, 0.3) is 0 Å². The Hall–Kier alpha value is -1.95. The summed E-state index contributed by atoms with van der Waals surface area (Å²) in [5.41, 5.74) is -0.513. The zero-order valence-electron chi connectivity index (χ0n) is 7.93. The van der Waals surface area contributed by atoms with Crippen molar-refractivity contribution in [1.82, 2.24) is 4.98 Å². The van der Waals surface area contributed by atoms with Crippen molar-refractivity contribution in [2.24, 2.45) is 0 Å². The van der Waals surface area contributed by atoms with Crippen molar-refractivity contribution in [3.05, 3.63) is 29.1 Å². The Bertz CT molecular complexity index is 401. The summed E-state index contributed by atoms with van der Waals surface area (Å²) in [7, 11) is 1.40. The van der Waals surface area contributed by atoms with Crippen LogP contribution in [0.3, 0.4) is 0 Å². The van der Waals surface area contributed by atoms with E-state index in [2.05, 4.69) is 4.98 Å². The normalized spacial score (nSPS) is 9.93. The van der Waals surface area contributed by atoms with Gasteiger partial charge in [-0.3, -0.25) is 0 Å². The van der Waals surface area contributed by atoms with E-state index in [0.717, 1.165) is 0 Å². The van der Waals surface area contributed by atoms with Crippen LogP contribution in [0.2, 0.25) is 0 Å². The minimum Gasteiger partial charge on any atom is -0.478 e. The van der Waals surface area contributed by atoms with Crippen molar-refractivity contribution in [3.63, 3.8) is 0 Å². The summed E-state index contributed by atoms with van der Waals surface area (Å²) in [6, 6.07) is 1.42. The van der Waals surface area contributed by atoms with E-state index in [0.29, 0.717) is 0 Å². The molecule has 0 aromatic carbocycles. The number of hydrogen-bond acceptors (Lipinski definition) is 4. The van der Waals surface area contributed by atoms with Gasteiger partial charge < -0.3 is 14.9 Å². The summed E-state index contributed by atoms with van der Waals surface area (Å²) < 4.78 is 4.77. The van der Waals surface area contributed by atoms with Gasteiger partial charge in [0, 0.05) is 13.3 Å². The van der Waals surface area contributed by atoms with Crippen molar-refractivity contribution < 1.29 is 24.5 Å². The number of aromatic nitrogens is 1. The molecule has 0 fully saturated rings. The lowest BCUT2D eigenvalue weighted by atomic mass is 10.1. The molecule has 0 bridgehead atoms. The van der Waals surface area contributed by atoms with Crippen molar-refractivity contribution in [1.29, 1.82) is 0 Å². The molecule has 0 saturated heterocycles. The SMILES string of the molecule is COCc1ccnc(C(=O)O)c1C(=O)O. The Kier molecular flexibility index (Phi) is 3.35. The molecular formula is C9H9NO5. The molecule has 0 aliphatic rings. The highest BCUT2D eigenvalue weighted by atomic mass is 16.5. The van der Waals surface area contributed by atoms with Crippen LogP contribution in [0.5, 0.6) is 0 Å². The number of methoxy groups -OCH3 is 1. The van der Waals surface area contributed by atoms with Gasteiger partial charge in [0.1, 0.15) is 0 Å². The van der Waals surface area contributed by atoms with E-state index in [9.17, 15) is 9.59 Å². The van der Waals surface area contributed by atoms with Crippen LogP contribution in [-0.4, -0.2) is 34.2 Å². The fourth-order valence-electron chi connectivity index (χ4n) is 1.18. The van der Waals surface area contributed by atoms with Gasteiger partial charge in [0.2, 0.25) is 0 Å². The van der Waals surface area contributed by atoms with Gasteiger partial charge in [0.25, 0.3) is 0 Å². The molecule has 1 aromatic rings. The van der Waals surface area contributed by atoms with Crippen LogP contribution in [0.4, 0.5) is 0 Å². The first-order chi connectivity index (χ1) is 7.07. The van der Waals surface area contributed by atoms with Crippen LogP contribution in [-0.2, 0) is 11.3 Å². The summed E-state index contributed by atoms with van der Waals surface area (Å²) in [5, 5.41) is 17.6. The number of rotatable bonds is 4. The quantitative estimate of drug-likeness (QED) is 0.757. The Morgan fingerprint density at radius 2 is 2.07 bits per heavy atom. The van der Waals surface area contributed by atoms with E-state index in [1.54, 1.807) is 0 Å². The number of ether oxygens (including phenoxy) is 1. The molecule has 0 atom stereocenters. The Morgan fingerprint density at radius 3 is 2.53 bits per heavy atom. The Morgan fingerprint density at radius 1 is 1.40 bits per heavy atom. The zero-order chi connectivity index (χ0) is 11.4. The molecule has 15 heavy (non-hydrogen) atoms. The number of nitrogens with zero attached hydrogens (tertiary/aromatic N) is 1. The molecular weight excluding hydrogens is 202 g/mol. The van der Waals surface area contributed by atoms with Crippen LogP contribution >= 0.6 is 0 Å². The summed E-state index contributed by atoms with van der Waals surface area (Å²) in [6.45, 7) is 0.0322. The van der Waals surface area contributed by atoms with E-state index < -0.39 is 17.6 Å². The lowest BCUT2D eigenvalue weighted by molar-refractivity contribution is 0.0642. The number of pyridine rings is 1. The maximum Gasteiger partial charge on any atom is 0.355 e. The van der Waals surface area contributed by atoms with Gasteiger partial charge in [0.15, 0.2) is 5.69 Å². The van der Waals surface area contributed by atoms with E-state index in [4.69, 9.17) is 14.9 Å². The molecule has 1 rings (SSSR count). The van der Waals surface area contributed by atoms with E-state index in [1.165, 1.54) is 19.4 Å². The van der Waals surface area contributed by atoms with Crippen molar-refractivity contribution in [2.75, 3.05) is 7.11 Å². The molecule has 6 heteroatoms. The lowest BCUT2D eigenvalue weighted by Gasteiger charge is -2.06. The van der Waals surface area contributed by atoms with Gasteiger partial charge in [-0.25, -0.2) is 14.6 Å². The fourth-order valence-corrected chi connectivity index (χ4v) is 1.18. The van der Waals surface area contributed by atoms with Crippen molar-refractivity contribution in [2.45, 2.75) is 6.61 Å². The summed E-state index contributed by atoms with van der Waals surface area (Å²) in [5.74, 6) is -2.70. The van der Waals surface area contributed by atoms with E-state index in [-0.39, 0.29) is 17.7 Å². The number of carboxylic acid groups (broad SMARTS) is 2. The van der Waals surface area contributed by atoms with Gasteiger partial charge in [-0.15, -0.1) is 0 Å². The predicted molar refractivity (Wildman–Crippen MR) is 48.9 cm³/mol. The molecule has 0 spiro atoms. The average molecular weight is 211 g/mol. The average Bonchev–Trinajstić information content (AvgIpc) is 2.17. The second-order valence-corrected chi connectivity index (χ2v) is 2.74. The minimum atomic E-state index is -1.37. The fraction of sp³-hybridized carbons (Fsp3) is 0.222. The largest absolute Gasteiger partial charge is 0.478 e. The predicted octanol–water partition coefficient (Wildman–Crippen LogP) is 0.624. The van der Waals surface area contributed by atoms with Crippen LogP contribution in [0, 0.1) is 0 Å². The monoisotopic (exact) mass is 211 g/mol. The number of carbonyl (C=O) groups is 2. The standard InChI is InChI=1S/C9H9NO5/c1-15-4-5-2-3-10-7(9(13)14)6(5)8(11)12/h2-3H,4H2,1H3,(H,11,12)(H,13,14). The molecule has 0 aliphatic carbocycles. The molecule has 2 N–H and O–H groups in total. The van der Waals surface area contributed by atoms with Crippen molar-refractivity contribution >= 4 is 11.9 Å². The van der Waals surface area contributed by atoms with Gasteiger partial charge >= 0.3 is 11.9 Å². The smallest absolute Gasteiger partial charge is 0.355 e. The molecule has 1 heterocycles. The first kappa shape index (κ1) is 11.1. The Labute approximate surface area is 85.1 Å². The topological polar surface area (TPSA) is 96.7 Å². The maximum absolute atomic E-state index is 10.9. The van der Waals surface area contributed by atoms with Crippen LogP contribution < -0.4 is 0 Å². The van der Waals surface area contributed by atoms with E-state index in [1.807, 2.05) is 0 Å². The molecule has 0 amide bonds. The molecule has 0 radical (unpaired) electrons. The van der Waals surface area contributed by atoms with E-state index >= 15 is 0 Å². The minimum absolute atomic E-state index is 0.0322. The second kappa shape index (κ2) is 4.52.